The Labute approximate surface area is 174 Å². The number of aromatic hydroxyl groups is 1. The number of benzene rings is 1. The van der Waals surface area contributed by atoms with E-state index in [-0.39, 0.29) is 17.2 Å². The molecule has 3 heterocycles. The largest absolute Gasteiger partial charge is 0.506 e. The van der Waals surface area contributed by atoms with Crippen LogP contribution in [-0.2, 0) is 6.54 Å². The van der Waals surface area contributed by atoms with Crippen molar-refractivity contribution in [3.05, 3.63) is 61.4 Å². The fraction of sp³-hybridized carbons (Fsp3) is 0.316. The molecule has 4 rings (SSSR count). The highest BCUT2D eigenvalue weighted by Crippen LogP contribution is 2.30. The summed E-state index contributed by atoms with van der Waals surface area (Å²) < 4.78 is 2.06. The van der Waals surface area contributed by atoms with E-state index in [4.69, 9.17) is 0 Å². The molecule has 0 unspecified atom stereocenters. The van der Waals surface area contributed by atoms with Crippen molar-refractivity contribution in [2.24, 2.45) is 0 Å². The second-order valence-corrected chi connectivity index (χ2v) is 8.58. The minimum Gasteiger partial charge on any atom is -0.506 e. The van der Waals surface area contributed by atoms with Gasteiger partial charge in [-0.05, 0) is 40.5 Å². The van der Waals surface area contributed by atoms with Gasteiger partial charge in [0.05, 0.1) is 15.7 Å². The fourth-order valence-electron chi connectivity index (χ4n) is 3.37. The van der Waals surface area contributed by atoms with Crippen molar-refractivity contribution in [3.8, 4) is 5.75 Å². The molecule has 1 amide bonds. The normalized spacial score (nSPS) is 15.3. The molecule has 146 valence electrons. The summed E-state index contributed by atoms with van der Waals surface area (Å²) in [7, 11) is 0. The highest BCUT2D eigenvalue weighted by Gasteiger charge is 2.25. The highest BCUT2D eigenvalue weighted by atomic mass is 79.9. The number of carbonyl (C=O) groups excluding carboxylic acids is 1. The molecule has 0 saturated carbocycles. The highest BCUT2D eigenvalue weighted by molar-refractivity contribution is 9.10. The smallest absolute Gasteiger partial charge is 0.258 e. The first kappa shape index (κ1) is 19.1. The fourth-order valence-corrected chi connectivity index (χ4v) is 4.69. The van der Waals surface area contributed by atoms with E-state index < -0.39 is 0 Å². The van der Waals surface area contributed by atoms with Gasteiger partial charge in [-0.1, -0.05) is 0 Å². The summed E-state index contributed by atoms with van der Waals surface area (Å²) >= 11 is 4.73. The standard InChI is InChI=1S/C19H19BrN4O3S/c1-12-8-14(17(26)15(20)9-12)18(27)23-4-2-22(3-5-23)11-13-10-16(25)24-6-7-28-19(24)21-13/h6-10,26H,2-5,11H2,1H3. The molecule has 0 spiro atoms. The van der Waals surface area contributed by atoms with Crippen LogP contribution in [0, 0.1) is 6.92 Å². The van der Waals surface area contributed by atoms with Crippen LogP contribution in [0.4, 0.5) is 0 Å². The van der Waals surface area contributed by atoms with Crippen LogP contribution in [0.5, 0.6) is 5.75 Å². The number of piperazine rings is 1. The van der Waals surface area contributed by atoms with Crippen LogP contribution in [0.2, 0.25) is 0 Å². The van der Waals surface area contributed by atoms with Gasteiger partial charge in [-0.2, -0.15) is 0 Å². The average molecular weight is 463 g/mol. The maximum absolute atomic E-state index is 12.8. The summed E-state index contributed by atoms with van der Waals surface area (Å²) in [6.07, 6.45) is 1.72. The van der Waals surface area contributed by atoms with E-state index in [1.807, 2.05) is 12.3 Å². The lowest BCUT2D eigenvalue weighted by Gasteiger charge is -2.34. The number of hydrogen-bond donors (Lipinski definition) is 1. The molecule has 1 aliphatic rings. The molecule has 0 bridgehead atoms. The van der Waals surface area contributed by atoms with Gasteiger partial charge in [-0.15, -0.1) is 11.3 Å². The van der Waals surface area contributed by atoms with Gasteiger partial charge < -0.3 is 10.0 Å². The van der Waals surface area contributed by atoms with Crippen molar-refractivity contribution < 1.29 is 9.90 Å². The minimum absolute atomic E-state index is 0.0213. The number of nitrogens with zero attached hydrogens (tertiary/aromatic N) is 4. The van der Waals surface area contributed by atoms with E-state index in [9.17, 15) is 14.7 Å². The Morgan fingerprint density at radius 1 is 1.25 bits per heavy atom. The first-order chi connectivity index (χ1) is 13.4. The number of phenolic OH excluding ortho intramolecular Hbond substituents is 1. The van der Waals surface area contributed by atoms with Crippen LogP contribution >= 0.6 is 27.3 Å². The Kier molecular flexibility index (Phi) is 5.22. The SMILES string of the molecule is Cc1cc(Br)c(O)c(C(=O)N2CCN(Cc3cc(=O)n4ccsc4n3)CC2)c1. The number of carbonyl (C=O) groups is 1. The molecule has 1 aromatic carbocycles. The first-order valence-corrected chi connectivity index (χ1v) is 10.6. The number of rotatable bonds is 3. The van der Waals surface area contributed by atoms with Crippen LogP contribution in [0.1, 0.15) is 21.6 Å². The monoisotopic (exact) mass is 462 g/mol. The quantitative estimate of drug-likeness (QED) is 0.646. The summed E-state index contributed by atoms with van der Waals surface area (Å²) in [4.78, 5) is 34.1. The molecule has 1 saturated heterocycles. The average Bonchev–Trinajstić information content (AvgIpc) is 3.14. The van der Waals surface area contributed by atoms with Crippen molar-refractivity contribution in [2.45, 2.75) is 13.5 Å². The van der Waals surface area contributed by atoms with Crippen LogP contribution in [-0.4, -0.2) is 56.4 Å². The van der Waals surface area contributed by atoms with E-state index in [0.29, 0.717) is 47.7 Å². The van der Waals surface area contributed by atoms with Gasteiger partial charge in [0.25, 0.3) is 11.5 Å². The molecule has 7 nitrogen and oxygen atoms in total. The van der Waals surface area contributed by atoms with E-state index in [1.165, 1.54) is 15.7 Å². The molecular formula is C19H19BrN4O3S. The number of hydrogen-bond acceptors (Lipinski definition) is 6. The third kappa shape index (κ3) is 3.69. The van der Waals surface area contributed by atoms with E-state index in [1.54, 1.807) is 29.3 Å². The third-order valence-corrected chi connectivity index (χ3v) is 6.20. The van der Waals surface area contributed by atoms with Crippen molar-refractivity contribution in [2.75, 3.05) is 26.2 Å². The molecule has 3 aromatic rings. The molecule has 2 aromatic heterocycles. The van der Waals surface area contributed by atoms with Crippen LogP contribution in [0.3, 0.4) is 0 Å². The van der Waals surface area contributed by atoms with Crippen molar-refractivity contribution >= 4 is 38.1 Å². The molecule has 28 heavy (non-hydrogen) atoms. The number of thiazole rings is 1. The van der Waals surface area contributed by atoms with Crippen molar-refractivity contribution in [1.29, 1.82) is 0 Å². The lowest BCUT2D eigenvalue weighted by molar-refractivity contribution is 0.0624. The Bertz CT molecular complexity index is 1100. The number of aryl methyl sites for hydroxylation is 1. The first-order valence-electron chi connectivity index (χ1n) is 8.89. The van der Waals surface area contributed by atoms with E-state index >= 15 is 0 Å². The molecule has 1 fully saturated rings. The minimum atomic E-state index is -0.169. The van der Waals surface area contributed by atoms with Crippen LogP contribution in [0.15, 0.2) is 39.0 Å². The number of phenols is 1. The Balaban J connectivity index is 1.43. The van der Waals surface area contributed by atoms with Crippen molar-refractivity contribution in [3.63, 3.8) is 0 Å². The molecule has 0 atom stereocenters. The summed E-state index contributed by atoms with van der Waals surface area (Å²) in [5, 5.41) is 12.1. The Morgan fingerprint density at radius 3 is 2.75 bits per heavy atom. The zero-order chi connectivity index (χ0) is 19.8. The lowest BCUT2D eigenvalue weighted by Crippen LogP contribution is -2.48. The second-order valence-electron chi connectivity index (χ2n) is 6.85. The third-order valence-electron chi connectivity index (χ3n) is 4.84. The number of fused-ring (bicyclic) bond motifs is 1. The number of halogens is 1. The Morgan fingerprint density at radius 2 is 2.00 bits per heavy atom. The molecule has 1 aliphatic heterocycles. The molecule has 0 radical (unpaired) electrons. The molecule has 0 aliphatic carbocycles. The zero-order valence-corrected chi connectivity index (χ0v) is 17.7. The van der Waals surface area contributed by atoms with Gasteiger partial charge in [0.1, 0.15) is 5.75 Å². The maximum Gasteiger partial charge on any atom is 0.258 e. The summed E-state index contributed by atoms with van der Waals surface area (Å²) in [5.41, 5.74) is 1.90. The predicted octanol–water partition coefficient (Wildman–Crippen LogP) is 2.49. The van der Waals surface area contributed by atoms with Gasteiger partial charge >= 0.3 is 0 Å². The molecule has 9 heteroatoms. The van der Waals surface area contributed by atoms with Gasteiger partial charge in [0, 0.05) is 50.4 Å². The van der Waals surface area contributed by atoms with Gasteiger partial charge in [-0.25, -0.2) is 4.98 Å². The Hall–Kier alpha value is -2.23. The summed E-state index contributed by atoms with van der Waals surface area (Å²) in [5.74, 6) is -0.190. The topological polar surface area (TPSA) is 78.2 Å². The molecular weight excluding hydrogens is 444 g/mol. The summed E-state index contributed by atoms with van der Waals surface area (Å²) in [6, 6.07) is 5.06. The van der Waals surface area contributed by atoms with Crippen LogP contribution < -0.4 is 5.56 Å². The van der Waals surface area contributed by atoms with Gasteiger partial charge in [0.2, 0.25) is 0 Å². The number of aromatic nitrogens is 2. The summed E-state index contributed by atoms with van der Waals surface area (Å²) in [6.45, 7) is 4.95. The zero-order valence-electron chi connectivity index (χ0n) is 15.3. The molecule has 1 N–H and O–H groups in total. The van der Waals surface area contributed by atoms with Gasteiger partial charge in [0.15, 0.2) is 4.96 Å². The van der Waals surface area contributed by atoms with E-state index in [2.05, 4.69) is 25.8 Å². The lowest BCUT2D eigenvalue weighted by atomic mass is 10.1. The second kappa shape index (κ2) is 7.65. The van der Waals surface area contributed by atoms with E-state index in [0.717, 1.165) is 11.3 Å². The predicted molar refractivity (Wildman–Crippen MR) is 111 cm³/mol. The number of amides is 1. The van der Waals surface area contributed by atoms with Gasteiger partial charge in [-0.3, -0.25) is 18.9 Å². The van der Waals surface area contributed by atoms with Crippen molar-refractivity contribution in [1.82, 2.24) is 19.2 Å². The maximum atomic E-state index is 12.8. The van der Waals surface area contributed by atoms with Crippen LogP contribution in [0.25, 0.3) is 4.96 Å².